The molecule has 0 aromatic carbocycles. The minimum atomic E-state index is -4.02. The lowest BCUT2D eigenvalue weighted by Crippen LogP contribution is -2.40. The number of aliphatic carboxylic acids is 1. The fourth-order valence-corrected chi connectivity index (χ4v) is 3.95. The number of nitrogens with zero attached hydrogens (tertiary/aromatic N) is 3. The van der Waals surface area contributed by atoms with Crippen LogP contribution in [0.3, 0.4) is 0 Å². The lowest BCUT2D eigenvalue weighted by molar-refractivity contribution is -0.140. The molecule has 0 aliphatic carbocycles. The minimum absolute atomic E-state index is 0.109. The summed E-state index contributed by atoms with van der Waals surface area (Å²) in [5.74, 6) is -0.727. The maximum atomic E-state index is 12.5. The van der Waals surface area contributed by atoms with Crippen molar-refractivity contribution in [2.45, 2.75) is 44.0 Å². The van der Waals surface area contributed by atoms with E-state index < -0.39 is 28.1 Å². The summed E-state index contributed by atoms with van der Waals surface area (Å²) in [5, 5.41) is 18.4. The van der Waals surface area contributed by atoms with Gasteiger partial charge < -0.3 is 14.8 Å². The van der Waals surface area contributed by atoms with Crippen LogP contribution < -0.4 is 0 Å². The highest BCUT2D eigenvalue weighted by atomic mass is 32.2. The van der Waals surface area contributed by atoms with Crippen LogP contribution in [0.25, 0.3) is 0 Å². The zero-order valence-corrected chi connectivity index (χ0v) is 12.0. The monoisotopic (exact) mass is 303 g/mol. The van der Waals surface area contributed by atoms with Gasteiger partial charge in [-0.3, -0.25) is 4.79 Å². The van der Waals surface area contributed by atoms with Gasteiger partial charge in [0.15, 0.2) is 5.03 Å². The summed E-state index contributed by atoms with van der Waals surface area (Å²) >= 11 is 0. The van der Waals surface area contributed by atoms with Crippen LogP contribution in [0.5, 0.6) is 0 Å². The van der Waals surface area contributed by atoms with Gasteiger partial charge in [-0.1, -0.05) is 0 Å². The van der Waals surface area contributed by atoms with Crippen LogP contribution in [0.2, 0.25) is 0 Å². The van der Waals surface area contributed by atoms with E-state index in [1.165, 1.54) is 6.20 Å². The van der Waals surface area contributed by atoms with Gasteiger partial charge in [-0.2, -0.15) is 4.31 Å². The van der Waals surface area contributed by atoms with Gasteiger partial charge in [-0.15, -0.1) is 0 Å². The van der Waals surface area contributed by atoms with Crippen molar-refractivity contribution >= 4 is 16.0 Å². The van der Waals surface area contributed by atoms with E-state index in [1.54, 1.807) is 11.5 Å². The molecule has 112 valence electrons. The Morgan fingerprint density at radius 1 is 1.55 bits per heavy atom. The quantitative estimate of drug-likeness (QED) is 0.769. The number of carboxylic acids is 1. The van der Waals surface area contributed by atoms with Crippen molar-refractivity contribution in [2.75, 3.05) is 6.54 Å². The molecule has 1 aromatic rings. The molecule has 9 heteroatoms. The number of rotatable bonds is 4. The van der Waals surface area contributed by atoms with E-state index >= 15 is 0 Å². The summed E-state index contributed by atoms with van der Waals surface area (Å²) in [7, 11) is -4.02. The van der Waals surface area contributed by atoms with Crippen LogP contribution >= 0.6 is 0 Å². The van der Waals surface area contributed by atoms with Gasteiger partial charge in [0.2, 0.25) is 0 Å². The van der Waals surface area contributed by atoms with E-state index in [-0.39, 0.29) is 18.0 Å². The third-order valence-corrected chi connectivity index (χ3v) is 5.13. The minimum Gasteiger partial charge on any atom is -0.480 e. The molecular weight excluding hydrogens is 286 g/mol. The largest absolute Gasteiger partial charge is 0.480 e. The molecule has 1 aliphatic heterocycles. The third-order valence-electron chi connectivity index (χ3n) is 3.39. The summed E-state index contributed by atoms with van der Waals surface area (Å²) in [5.41, 5.74) is 0. The molecule has 0 bridgehead atoms. The number of carbonyl (C=O) groups is 1. The fraction of sp³-hybridized carbons (Fsp3) is 0.636. The number of aliphatic hydroxyl groups excluding tert-OH is 1. The molecule has 20 heavy (non-hydrogen) atoms. The second-order valence-corrected chi connectivity index (χ2v) is 6.57. The van der Waals surface area contributed by atoms with Gasteiger partial charge in [-0.05, 0) is 13.8 Å². The molecule has 2 N–H and O–H groups in total. The first-order valence-electron chi connectivity index (χ1n) is 6.23. The van der Waals surface area contributed by atoms with Crippen molar-refractivity contribution < 1.29 is 23.4 Å². The van der Waals surface area contributed by atoms with Crippen molar-refractivity contribution in [2.24, 2.45) is 0 Å². The molecule has 0 amide bonds. The summed E-state index contributed by atoms with van der Waals surface area (Å²) in [6, 6.07) is -1.25. The summed E-state index contributed by atoms with van der Waals surface area (Å²) < 4.78 is 27.4. The summed E-state index contributed by atoms with van der Waals surface area (Å²) in [6.07, 6.45) is 0.302. The van der Waals surface area contributed by atoms with Gasteiger partial charge in [0.25, 0.3) is 10.0 Å². The molecule has 1 aliphatic rings. The topological polar surface area (TPSA) is 113 Å². The highest BCUT2D eigenvalue weighted by molar-refractivity contribution is 7.89. The number of sulfonamides is 1. The van der Waals surface area contributed by atoms with E-state index in [1.807, 2.05) is 6.92 Å². The number of carboxylic acid groups (broad SMARTS) is 1. The molecule has 0 radical (unpaired) electrons. The van der Waals surface area contributed by atoms with E-state index in [4.69, 9.17) is 5.11 Å². The Balaban J connectivity index is 2.40. The molecule has 1 aromatic heterocycles. The lowest BCUT2D eigenvalue weighted by Gasteiger charge is -2.19. The number of β-amino-alcohol motifs (C(OH)–C–C–N with tert-alkyl or cyclic N) is 1. The van der Waals surface area contributed by atoms with Crippen LogP contribution in [0.4, 0.5) is 0 Å². The van der Waals surface area contributed by atoms with E-state index in [0.29, 0.717) is 12.4 Å². The van der Waals surface area contributed by atoms with Gasteiger partial charge in [0.05, 0.1) is 6.10 Å². The van der Waals surface area contributed by atoms with Crippen LogP contribution in [0.15, 0.2) is 11.2 Å². The molecule has 0 spiro atoms. The first-order chi connectivity index (χ1) is 9.27. The number of imidazole rings is 1. The van der Waals surface area contributed by atoms with Crippen LogP contribution in [0.1, 0.15) is 19.2 Å². The second kappa shape index (κ2) is 5.15. The Morgan fingerprint density at radius 2 is 2.20 bits per heavy atom. The standard InChI is InChI=1S/C11H17N3O5S/c1-3-13-6-10(12-7(13)2)20(18,19)14-5-8(15)4-9(14)11(16)17/h6,8-9,15H,3-5H2,1-2H3,(H,16,17)/t8?,9-/m0/s1. The first kappa shape index (κ1) is 14.9. The van der Waals surface area contributed by atoms with Crippen molar-refractivity contribution in [1.82, 2.24) is 13.9 Å². The average Bonchev–Trinajstić information content (AvgIpc) is 2.93. The summed E-state index contributed by atoms with van der Waals surface area (Å²) in [6.45, 7) is 3.87. The van der Waals surface area contributed by atoms with Crippen molar-refractivity contribution in [1.29, 1.82) is 0 Å². The molecular formula is C11H17N3O5S. The predicted molar refractivity (Wildman–Crippen MR) is 68.6 cm³/mol. The van der Waals surface area contributed by atoms with E-state index in [2.05, 4.69) is 4.98 Å². The fourth-order valence-electron chi connectivity index (χ4n) is 2.32. The Kier molecular flexibility index (Phi) is 3.85. The van der Waals surface area contributed by atoms with Gasteiger partial charge in [-0.25, -0.2) is 13.4 Å². The predicted octanol–water partition coefficient (Wildman–Crippen LogP) is -0.580. The number of hydrogen-bond acceptors (Lipinski definition) is 5. The van der Waals surface area contributed by atoms with Gasteiger partial charge in [0, 0.05) is 25.7 Å². The highest BCUT2D eigenvalue weighted by Crippen LogP contribution is 2.26. The Hall–Kier alpha value is -1.45. The second-order valence-electron chi connectivity index (χ2n) is 4.73. The van der Waals surface area contributed by atoms with Crippen LogP contribution in [0, 0.1) is 6.92 Å². The molecule has 1 saturated heterocycles. The zero-order valence-electron chi connectivity index (χ0n) is 11.2. The average molecular weight is 303 g/mol. The van der Waals surface area contributed by atoms with Gasteiger partial charge >= 0.3 is 5.97 Å². The van der Waals surface area contributed by atoms with Crippen molar-refractivity contribution in [3.05, 3.63) is 12.0 Å². The summed E-state index contributed by atoms with van der Waals surface area (Å²) in [4.78, 5) is 15.1. The Bertz CT molecular complexity index is 624. The smallest absolute Gasteiger partial charge is 0.322 e. The SMILES string of the molecule is CCn1cc(S(=O)(=O)N2CC(O)C[C@H]2C(=O)O)nc1C. The van der Waals surface area contributed by atoms with Crippen LogP contribution in [-0.4, -0.2) is 57.1 Å². The number of aromatic nitrogens is 2. The van der Waals surface area contributed by atoms with Crippen LogP contribution in [-0.2, 0) is 21.4 Å². The Labute approximate surface area is 116 Å². The molecule has 0 saturated carbocycles. The zero-order chi connectivity index (χ0) is 15.1. The molecule has 8 nitrogen and oxygen atoms in total. The molecule has 2 rings (SSSR count). The normalized spacial score (nSPS) is 24.1. The van der Waals surface area contributed by atoms with Gasteiger partial charge in [0.1, 0.15) is 11.9 Å². The third kappa shape index (κ3) is 2.43. The van der Waals surface area contributed by atoms with Crippen molar-refractivity contribution in [3.8, 4) is 0 Å². The number of aryl methyl sites for hydroxylation is 2. The molecule has 1 fully saturated rings. The maximum Gasteiger partial charge on any atom is 0.322 e. The maximum absolute atomic E-state index is 12.5. The molecule has 2 atom stereocenters. The highest BCUT2D eigenvalue weighted by Gasteiger charge is 2.44. The number of aliphatic hydroxyl groups is 1. The van der Waals surface area contributed by atoms with E-state index in [9.17, 15) is 18.3 Å². The van der Waals surface area contributed by atoms with Crippen molar-refractivity contribution in [3.63, 3.8) is 0 Å². The molecule has 1 unspecified atom stereocenters. The Morgan fingerprint density at radius 3 is 2.70 bits per heavy atom. The van der Waals surface area contributed by atoms with E-state index in [0.717, 1.165) is 4.31 Å². The lowest BCUT2D eigenvalue weighted by atomic mass is 10.2. The molecule has 2 heterocycles. The number of hydrogen-bond donors (Lipinski definition) is 2. The first-order valence-corrected chi connectivity index (χ1v) is 7.67.